The number of anilines is 1. The van der Waals surface area contributed by atoms with Crippen LogP contribution in [0.15, 0.2) is 18.2 Å². The number of aromatic nitrogens is 1. The van der Waals surface area contributed by atoms with Gasteiger partial charge in [0.15, 0.2) is 0 Å². The number of nitrogens with zero attached hydrogens (tertiary/aromatic N) is 3. The van der Waals surface area contributed by atoms with E-state index in [1.165, 1.54) is 0 Å². The van der Waals surface area contributed by atoms with Gasteiger partial charge in [0.05, 0.1) is 5.69 Å². The number of nitrogens with one attached hydrogen (secondary N) is 1. The zero-order chi connectivity index (χ0) is 12.1. The Morgan fingerprint density at radius 1 is 1.24 bits per heavy atom. The number of pyridine rings is 1. The van der Waals surface area contributed by atoms with E-state index >= 15 is 0 Å². The summed E-state index contributed by atoms with van der Waals surface area (Å²) in [6.45, 7) is 8.68. The zero-order valence-corrected chi connectivity index (χ0v) is 10.8. The fourth-order valence-corrected chi connectivity index (χ4v) is 2.22. The number of likely N-dealkylation sites (N-methyl/N-ethyl adjacent to an activating group) is 1. The first-order valence-corrected chi connectivity index (χ1v) is 6.41. The molecule has 1 aromatic heterocycles. The molecule has 0 aliphatic carbocycles. The van der Waals surface area contributed by atoms with Gasteiger partial charge < -0.3 is 15.1 Å². The Balaban J connectivity index is 2.00. The predicted molar refractivity (Wildman–Crippen MR) is 71.3 cm³/mol. The molecule has 1 N–H and O–H groups in total. The summed E-state index contributed by atoms with van der Waals surface area (Å²) in [6, 6.07) is 6.28. The molecule has 0 unspecified atom stereocenters. The number of piperazine rings is 1. The first-order chi connectivity index (χ1) is 8.33. The van der Waals surface area contributed by atoms with Gasteiger partial charge in [0.2, 0.25) is 0 Å². The van der Waals surface area contributed by atoms with Crippen LogP contribution in [0.25, 0.3) is 0 Å². The summed E-state index contributed by atoms with van der Waals surface area (Å²) in [6.07, 6.45) is 0. The Kier molecular flexibility index (Phi) is 4.34. The third-order valence-corrected chi connectivity index (χ3v) is 3.29. The fraction of sp³-hybridized carbons (Fsp3) is 0.615. The van der Waals surface area contributed by atoms with Crippen LogP contribution < -0.4 is 10.2 Å². The van der Waals surface area contributed by atoms with Gasteiger partial charge in [0, 0.05) is 32.7 Å². The highest BCUT2D eigenvalue weighted by Crippen LogP contribution is 2.14. The summed E-state index contributed by atoms with van der Waals surface area (Å²) >= 11 is 0. The summed E-state index contributed by atoms with van der Waals surface area (Å²) in [7, 11) is 1.95. The van der Waals surface area contributed by atoms with Crippen LogP contribution in [0.4, 0.5) is 5.82 Å². The molecule has 0 atom stereocenters. The molecule has 0 bridgehead atoms. The van der Waals surface area contributed by atoms with Crippen LogP contribution in [0.2, 0.25) is 0 Å². The number of rotatable bonds is 4. The van der Waals surface area contributed by atoms with Gasteiger partial charge in [-0.1, -0.05) is 13.0 Å². The van der Waals surface area contributed by atoms with E-state index in [1.807, 2.05) is 7.05 Å². The molecule has 1 aliphatic heterocycles. The highest BCUT2D eigenvalue weighted by atomic mass is 15.3. The Hall–Kier alpha value is -1.13. The van der Waals surface area contributed by atoms with Crippen molar-refractivity contribution in [2.75, 3.05) is 44.7 Å². The lowest BCUT2D eigenvalue weighted by atomic mass is 10.3. The van der Waals surface area contributed by atoms with Crippen molar-refractivity contribution in [3.8, 4) is 0 Å². The molecular weight excluding hydrogens is 212 g/mol. The molecule has 94 valence electrons. The van der Waals surface area contributed by atoms with Crippen molar-refractivity contribution in [3.63, 3.8) is 0 Å². The molecule has 4 heteroatoms. The summed E-state index contributed by atoms with van der Waals surface area (Å²) < 4.78 is 0. The molecule has 2 rings (SSSR count). The lowest BCUT2D eigenvalue weighted by Crippen LogP contribution is -2.46. The van der Waals surface area contributed by atoms with E-state index < -0.39 is 0 Å². The van der Waals surface area contributed by atoms with Crippen LogP contribution in [-0.2, 0) is 6.54 Å². The second kappa shape index (κ2) is 5.98. The van der Waals surface area contributed by atoms with Gasteiger partial charge in [-0.3, -0.25) is 0 Å². The van der Waals surface area contributed by atoms with Crippen molar-refractivity contribution in [2.45, 2.75) is 13.5 Å². The van der Waals surface area contributed by atoms with Gasteiger partial charge in [-0.2, -0.15) is 0 Å². The van der Waals surface area contributed by atoms with Gasteiger partial charge in [0.25, 0.3) is 0 Å². The lowest BCUT2D eigenvalue weighted by molar-refractivity contribution is 0.270. The predicted octanol–water partition coefficient (Wildman–Crippen LogP) is 0.943. The average molecular weight is 234 g/mol. The monoisotopic (exact) mass is 234 g/mol. The highest BCUT2D eigenvalue weighted by molar-refractivity contribution is 5.39. The quantitative estimate of drug-likeness (QED) is 0.840. The molecule has 0 radical (unpaired) electrons. The van der Waals surface area contributed by atoms with Crippen LogP contribution in [0, 0.1) is 0 Å². The van der Waals surface area contributed by atoms with Crippen LogP contribution >= 0.6 is 0 Å². The van der Waals surface area contributed by atoms with Crippen LogP contribution in [0.5, 0.6) is 0 Å². The molecule has 2 heterocycles. The molecule has 17 heavy (non-hydrogen) atoms. The Bertz CT molecular complexity index is 345. The van der Waals surface area contributed by atoms with E-state index in [4.69, 9.17) is 0 Å². The topological polar surface area (TPSA) is 31.4 Å². The minimum Gasteiger partial charge on any atom is -0.354 e. The van der Waals surface area contributed by atoms with E-state index in [0.29, 0.717) is 0 Å². The van der Waals surface area contributed by atoms with Crippen molar-refractivity contribution < 1.29 is 0 Å². The van der Waals surface area contributed by atoms with Crippen molar-refractivity contribution in [3.05, 3.63) is 23.9 Å². The second-order valence-corrected chi connectivity index (χ2v) is 4.44. The van der Waals surface area contributed by atoms with Crippen molar-refractivity contribution >= 4 is 5.82 Å². The Morgan fingerprint density at radius 3 is 2.65 bits per heavy atom. The second-order valence-electron chi connectivity index (χ2n) is 4.44. The maximum atomic E-state index is 4.68. The average Bonchev–Trinajstić information content (AvgIpc) is 2.40. The molecule has 1 saturated heterocycles. The first-order valence-electron chi connectivity index (χ1n) is 6.41. The van der Waals surface area contributed by atoms with Gasteiger partial charge >= 0.3 is 0 Å². The summed E-state index contributed by atoms with van der Waals surface area (Å²) in [4.78, 5) is 9.54. The van der Waals surface area contributed by atoms with E-state index in [2.05, 4.69) is 45.2 Å². The maximum Gasteiger partial charge on any atom is 0.128 e. The van der Waals surface area contributed by atoms with Crippen molar-refractivity contribution in [1.82, 2.24) is 15.2 Å². The molecule has 0 spiro atoms. The van der Waals surface area contributed by atoms with E-state index in [0.717, 1.165) is 50.8 Å². The number of hydrogen-bond donors (Lipinski definition) is 1. The third kappa shape index (κ3) is 3.17. The highest BCUT2D eigenvalue weighted by Gasteiger charge is 2.16. The fourth-order valence-electron chi connectivity index (χ4n) is 2.22. The number of hydrogen-bond acceptors (Lipinski definition) is 4. The molecule has 1 aliphatic rings. The zero-order valence-electron chi connectivity index (χ0n) is 10.8. The molecule has 4 nitrogen and oxygen atoms in total. The summed E-state index contributed by atoms with van der Waals surface area (Å²) in [5.74, 6) is 1.12. The Morgan fingerprint density at radius 2 is 2.00 bits per heavy atom. The van der Waals surface area contributed by atoms with Gasteiger partial charge in [-0.05, 0) is 25.7 Å². The minimum absolute atomic E-state index is 0.836. The van der Waals surface area contributed by atoms with E-state index in [-0.39, 0.29) is 0 Å². The first kappa shape index (κ1) is 12.3. The van der Waals surface area contributed by atoms with Crippen LogP contribution in [0.1, 0.15) is 12.6 Å². The molecule has 0 amide bonds. The molecule has 0 saturated carbocycles. The molecule has 1 fully saturated rings. The van der Waals surface area contributed by atoms with Crippen LogP contribution in [0.3, 0.4) is 0 Å². The SMILES string of the molecule is CCN1CCN(c2cccc(CNC)n2)CC1. The normalized spacial score (nSPS) is 17.4. The standard InChI is InChI=1S/C13H22N4/c1-3-16-7-9-17(10-8-16)13-6-4-5-12(15-13)11-14-2/h4-6,14H,3,7-11H2,1-2H3. The maximum absolute atomic E-state index is 4.68. The molecular formula is C13H22N4. The van der Waals surface area contributed by atoms with E-state index in [9.17, 15) is 0 Å². The van der Waals surface area contributed by atoms with Crippen LogP contribution in [-0.4, -0.2) is 49.7 Å². The van der Waals surface area contributed by atoms with Crippen molar-refractivity contribution in [1.29, 1.82) is 0 Å². The summed E-state index contributed by atoms with van der Waals surface area (Å²) in [5, 5.41) is 3.14. The largest absolute Gasteiger partial charge is 0.354 e. The lowest BCUT2D eigenvalue weighted by Gasteiger charge is -2.34. The Labute approximate surface area is 104 Å². The molecule has 0 aromatic carbocycles. The van der Waals surface area contributed by atoms with Gasteiger partial charge in [0.1, 0.15) is 5.82 Å². The summed E-state index contributed by atoms with van der Waals surface area (Å²) in [5.41, 5.74) is 1.11. The van der Waals surface area contributed by atoms with Gasteiger partial charge in [-0.15, -0.1) is 0 Å². The van der Waals surface area contributed by atoms with E-state index in [1.54, 1.807) is 0 Å². The molecule has 1 aromatic rings. The third-order valence-electron chi connectivity index (χ3n) is 3.29. The minimum atomic E-state index is 0.836. The smallest absolute Gasteiger partial charge is 0.128 e. The van der Waals surface area contributed by atoms with Gasteiger partial charge in [-0.25, -0.2) is 4.98 Å². The van der Waals surface area contributed by atoms with Crippen molar-refractivity contribution in [2.24, 2.45) is 0 Å².